The number of aliphatic hydroxyl groups is 1. The standard InChI is InChI=1S/C25H28N2O5/c1-17-16-19(31-2)8-9-20(17)23(28)21-22(18-6-4-3-5-7-18)27(25(30)24(21)29)11-10-26-12-14-32-15-13-26/h3-9,16,22,28H,10-15H2,1-2H3/p+1. The number of likely N-dealkylation sites (tertiary alicyclic amines) is 1. The van der Waals surface area contributed by atoms with E-state index in [2.05, 4.69) is 0 Å². The Morgan fingerprint density at radius 2 is 1.88 bits per heavy atom. The number of nitrogens with one attached hydrogen (secondary N) is 1. The van der Waals surface area contributed by atoms with Crippen molar-refractivity contribution in [3.8, 4) is 5.75 Å². The molecule has 1 atom stereocenters. The van der Waals surface area contributed by atoms with E-state index in [4.69, 9.17) is 9.47 Å². The van der Waals surface area contributed by atoms with Crippen molar-refractivity contribution >= 4 is 17.4 Å². The minimum atomic E-state index is -0.649. The van der Waals surface area contributed by atoms with Crippen molar-refractivity contribution in [3.05, 3.63) is 70.8 Å². The molecule has 0 aliphatic carbocycles. The highest BCUT2D eigenvalue weighted by Gasteiger charge is 2.46. The molecule has 2 heterocycles. The number of hydrogen-bond donors (Lipinski definition) is 2. The van der Waals surface area contributed by atoms with E-state index in [9.17, 15) is 14.7 Å². The van der Waals surface area contributed by atoms with Crippen LogP contribution in [0.1, 0.15) is 22.7 Å². The zero-order valence-electron chi connectivity index (χ0n) is 18.5. The fraction of sp³-hybridized carbons (Fsp3) is 0.360. The second-order valence-electron chi connectivity index (χ2n) is 8.20. The van der Waals surface area contributed by atoms with Crippen LogP contribution in [0.2, 0.25) is 0 Å². The van der Waals surface area contributed by atoms with Gasteiger partial charge in [-0.05, 0) is 36.2 Å². The molecule has 1 unspecified atom stereocenters. The minimum absolute atomic E-state index is 0.131. The number of carbonyl (C=O) groups excluding carboxylic acids is 2. The highest BCUT2D eigenvalue weighted by molar-refractivity contribution is 6.46. The zero-order chi connectivity index (χ0) is 22.7. The number of ketones is 1. The van der Waals surface area contributed by atoms with Crippen LogP contribution < -0.4 is 9.64 Å². The lowest BCUT2D eigenvalue weighted by Crippen LogP contribution is -3.14. The quantitative estimate of drug-likeness (QED) is 0.405. The number of ether oxygens (including phenoxy) is 2. The fourth-order valence-electron chi connectivity index (χ4n) is 4.46. The molecule has 2 aliphatic rings. The van der Waals surface area contributed by atoms with Gasteiger partial charge in [-0.3, -0.25) is 9.59 Å². The molecular formula is C25H29N2O5+. The summed E-state index contributed by atoms with van der Waals surface area (Å²) >= 11 is 0. The second kappa shape index (κ2) is 9.54. The number of aliphatic hydroxyl groups excluding tert-OH is 1. The molecule has 2 aromatic rings. The number of aryl methyl sites for hydroxylation is 1. The van der Waals surface area contributed by atoms with Crippen molar-refractivity contribution in [2.24, 2.45) is 0 Å². The molecule has 0 bridgehead atoms. The number of nitrogens with zero attached hydrogens (tertiary/aromatic N) is 1. The number of amides is 1. The smallest absolute Gasteiger partial charge is 0.295 e. The SMILES string of the molecule is COc1ccc(C(O)=C2C(=O)C(=O)N(CC[NH+]3CCOCC3)C2c2ccccc2)c(C)c1. The van der Waals surface area contributed by atoms with Crippen molar-refractivity contribution in [3.63, 3.8) is 0 Å². The van der Waals surface area contributed by atoms with E-state index in [1.807, 2.05) is 37.3 Å². The van der Waals surface area contributed by atoms with Gasteiger partial charge in [0.25, 0.3) is 11.7 Å². The van der Waals surface area contributed by atoms with Crippen molar-refractivity contribution in [2.75, 3.05) is 46.5 Å². The maximum atomic E-state index is 13.1. The van der Waals surface area contributed by atoms with E-state index in [0.29, 0.717) is 31.1 Å². The van der Waals surface area contributed by atoms with Gasteiger partial charge in [-0.25, -0.2) is 0 Å². The van der Waals surface area contributed by atoms with E-state index in [0.717, 1.165) is 30.8 Å². The highest BCUT2D eigenvalue weighted by Crippen LogP contribution is 2.39. The van der Waals surface area contributed by atoms with Gasteiger partial charge in [-0.2, -0.15) is 0 Å². The number of benzene rings is 2. The maximum absolute atomic E-state index is 13.1. The molecule has 7 nitrogen and oxygen atoms in total. The summed E-state index contributed by atoms with van der Waals surface area (Å²) < 4.78 is 10.7. The Bertz CT molecular complexity index is 1030. The van der Waals surface area contributed by atoms with Crippen molar-refractivity contribution < 1.29 is 29.1 Å². The molecule has 4 rings (SSSR count). The Balaban J connectivity index is 1.73. The third-order valence-electron chi connectivity index (χ3n) is 6.25. The maximum Gasteiger partial charge on any atom is 0.295 e. The molecule has 0 saturated carbocycles. The van der Waals surface area contributed by atoms with Crippen LogP contribution in [-0.2, 0) is 14.3 Å². The van der Waals surface area contributed by atoms with Crippen LogP contribution >= 0.6 is 0 Å². The molecule has 168 valence electrons. The second-order valence-corrected chi connectivity index (χ2v) is 8.20. The summed E-state index contributed by atoms with van der Waals surface area (Å²) in [5.74, 6) is -0.714. The van der Waals surface area contributed by atoms with Crippen molar-refractivity contribution in [1.29, 1.82) is 0 Å². The fourth-order valence-corrected chi connectivity index (χ4v) is 4.46. The van der Waals surface area contributed by atoms with Gasteiger partial charge in [0.2, 0.25) is 0 Å². The van der Waals surface area contributed by atoms with E-state index in [-0.39, 0.29) is 11.3 Å². The number of hydrogen-bond acceptors (Lipinski definition) is 5. The molecule has 2 fully saturated rings. The van der Waals surface area contributed by atoms with Gasteiger partial charge in [0.15, 0.2) is 0 Å². The number of carbonyl (C=O) groups is 2. The Morgan fingerprint density at radius 3 is 2.53 bits per heavy atom. The summed E-state index contributed by atoms with van der Waals surface area (Å²) in [6.07, 6.45) is 0. The topological polar surface area (TPSA) is 80.5 Å². The molecule has 32 heavy (non-hydrogen) atoms. The Labute approximate surface area is 187 Å². The number of rotatable bonds is 6. The van der Waals surface area contributed by atoms with E-state index in [1.165, 1.54) is 4.90 Å². The van der Waals surface area contributed by atoms with Crippen LogP contribution in [0.5, 0.6) is 5.75 Å². The molecule has 0 aromatic heterocycles. The lowest BCUT2D eigenvalue weighted by molar-refractivity contribution is -0.907. The summed E-state index contributed by atoms with van der Waals surface area (Å²) in [5.41, 5.74) is 2.21. The largest absolute Gasteiger partial charge is 0.507 e. The zero-order valence-corrected chi connectivity index (χ0v) is 18.5. The van der Waals surface area contributed by atoms with E-state index < -0.39 is 17.7 Å². The average molecular weight is 438 g/mol. The van der Waals surface area contributed by atoms with Crippen LogP contribution in [0.4, 0.5) is 0 Å². The predicted octanol–water partition coefficient (Wildman–Crippen LogP) is 1.34. The number of quaternary nitrogens is 1. The summed E-state index contributed by atoms with van der Waals surface area (Å²) in [7, 11) is 1.58. The monoisotopic (exact) mass is 437 g/mol. The van der Waals surface area contributed by atoms with Crippen LogP contribution in [-0.4, -0.2) is 68.2 Å². The van der Waals surface area contributed by atoms with Crippen LogP contribution in [0.15, 0.2) is 54.1 Å². The van der Waals surface area contributed by atoms with Crippen LogP contribution in [0.25, 0.3) is 5.76 Å². The van der Waals surface area contributed by atoms with Gasteiger partial charge in [0, 0.05) is 5.56 Å². The normalized spacial score (nSPS) is 21.2. The van der Waals surface area contributed by atoms with Gasteiger partial charge in [0.1, 0.15) is 24.6 Å². The van der Waals surface area contributed by atoms with Crippen molar-refractivity contribution in [2.45, 2.75) is 13.0 Å². The minimum Gasteiger partial charge on any atom is -0.507 e. The molecule has 2 aromatic carbocycles. The number of Topliss-reactive ketones (excluding diaryl/α,β-unsaturated/α-hetero) is 1. The Hall–Kier alpha value is -3.16. The Kier molecular flexibility index (Phi) is 6.58. The van der Waals surface area contributed by atoms with Crippen LogP contribution in [0.3, 0.4) is 0 Å². The van der Waals surface area contributed by atoms with Crippen LogP contribution in [0, 0.1) is 6.92 Å². The number of methoxy groups -OCH3 is 1. The molecule has 0 radical (unpaired) electrons. The molecule has 0 spiro atoms. The molecule has 2 aliphatic heterocycles. The molecule has 2 N–H and O–H groups in total. The van der Waals surface area contributed by atoms with Gasteiger partial charge in [-0.1, -0.05) is 30.3 Å². The average Bonchev–Trinajstić information content (AvgIpc) is 3.08. The van der Waals surface area contributed by atoms with Crippen molar-refractivity contribution in [1.82, 2.24) is 4.90 Å². The third-order valence-corrected chi connectivity index (χ3v) is 6.25. The Morgan fingerprint density at radius 1 is 1.16 bits per heavy atom. The predicted molar refractivity (Wildman–Crippen MR) is 120 cm³/mol. The molecular weight excluding hydrogens is 408 g/mol. The third kappa shape index (κ3) is 4.26. The lowest BCUT2D eigenvalue weighted by Gasteiger charge is -2.29. The summed E-state index contributed by atoms with van der Waals surface area (Å²) in [4.78, 5) is 29.2. The summed E-state index contributed by atoms with van der Waals surface area (Å²) in [6, 6.07) is 14.0. The first-order valence-corrected chi connectivity index (χ1v) is 10.9. The molecule has 7 heteroatoms. The lowest BCUT2D eigenvalue weighted by atomic mass is 9.94. The van der Waals surface area contributed by atoms with Gasteiger partial charge < -0.3 is 24.4 Å². The van der Waals surface area contributed by atoms with Gasteiger partial charge in [-0.15, -0.1) is 0 Å². The first-order chi connectivity index (χ1) is 15.5. The van der Waals surface area contributed by atoms with Gasteiger partial charge in [0.05, 0.1) is 45.0 Å². The van der Waals surface area contributed by atoms with E-state index in [1.54, 1.807) is 30.2 Å². The highest BCUT2D eigenvalue weighted by atomic mass is 16.5. The molecule has 2 saturated heterocycles. The number of morpholine rings is 1. The van der Waals surface area contributed by atoms with Gasteiger partial charge >= 0.3 is 0 Å². The summed E-state index contributed by atoms with van der Waals surface area (Å²) in [6.45, 7) is 6.15. The first kappa shape index (κ1) is 22.0. The first-order valence-electron chi connectivity index (χ1n) is 10.9. The van der Waals surface area contributed by atoms with E-state index >= 15 is 0 Å². The molecule has 1 amide bonds. The summed E-state index contributed by atoms with van der Waals surface area (Å²) in [5, 5.41) is 11.2.